The molecule has 0 N–H and O–H groups in total. The number of hydrogen-bond acceptors (Lipinski definition) is 6. The SMILES string of the molecule is Cc1cc([C@@H]2CN(C(=O)c3cc(C)c(OC(C)C)c(C)c3)CCO2)n2ncnc2n1. The molecule has 1 fully saturated rings. The molecule has 2 aromatic heterocycles. The van der Waals surface area contributed by atoms with Crippen LogP contribution in [0.25, 0.3) is 5.78 Å². The van der Waals surface area contributed by atoms with Crippen LogP contribution in [-0.4, -0.2) is 56.2 Å². The summed E-state index contributed by atoms with van der Waals surface area (Å²) in [5.74, 6) is 1.37. The lowest BCUT2D eigenvalue weighted by atomic mass is 10.0. The third-order valence-corrected chi connectivity index (χ3v) is 5.15. The molecule has 0 bridgehead atoms. The van der Waals surface area contributed by atoms with E-state index in [9.17, 15) is 4.79 Å². The molecule has 1 aliphatic rings. The molecule has 1 aliphatic heterocycles. The minimum absolute atomic E-state index is 0.00814. The van der Waals surface area contributed by atoms with Gasteiger partial charge < -0.3 is 14.4 Å². The summed E-state index contributed by atoms with van der Waals surface area (Å²) in [4.78, 5) is 23.7. The average Bonchev–Trinajstić information content (AvgIpc) is 3.17. The summed E-state index contributed by atoms with van der Waals surface area (Å²) < 4.78 is 13.6. The number of rotatable bonds is 4. The Kier molecular flexibility index (Phi) is 5.42. The van der Waals surface area contributed by atoms with Crippen LogP contribution in [0.2, 0.25) is 0 Å². The van der Waals surface area contributed by atoms with Gasteiger partial charge in [-0.1, -0.05) is 0 Å². The molecule has 3 aromatic rings. The topological polar surface area (TPSA) is 81.9 Å². The van der Waals surface area contributed by atoms with Crippen molar-refractivity contribution in [2.24, 2.45) is 0 Å². The quantitative estimate of drug-likeness (QED) is 0.659. The fourth-order valence-corrected chi connectivity index (χ4v) is 3.88. The Morgan fingerprint density at radius 1 is 1.20 bits per heavy atom. The van der Waals surface area contributed by atoms with E-state index in [4.69, 9.17) is 9.47 Å². The molecular weight excluding hydrogens is 382 g/mol. The Bertz CT molecular complexity index is 1070. The van der Waals surface area contributed by atoms with Crippen molar-refractivity contribution in [3.05, 3.63) is 52.6 Å². The van der Waals surface area contributed by atoms with Gasteiger partial charge in [0, 0.05) is 17.8 Å². The number of carbonyl (C=O) groups excluding carboxylic acids is 1. The van der Waals surface area contributed by atoms with Crippen LogP contribution in [0.15, 0.2) is 24.5 Å². The lowest BCUT2D eigenvalue weighted by Gasteiger charge is -2.33. The molecule has 1 aromatic carbocycles. The second-order valence-corrected chi connectivity index (χ2v) is 8.01. The van der Waals surface area contributed by atoms with Crippen LogP contribution >= 0.6 is 0 Å². The molecule has 4 rings (SSSR count). The standard InChI is InChI=1S/C22H27N5O3/c1-13(2)30-20-14(3)8-17(9-15(20)4)21(28)26-6-7-29-19(11-26)18-10-16(5)25-22-23-12-24-27(18)22/h8-10,12-13,19H,6-7,11H2,1-5H3/t19-/m0/s1. The third-order valence-electron chi connectivity index (χ3n) is 5.15. The van der Waals surface area contributed by atoms with Crippen molar-refractivity contribution >= 4 is 11.7 Å². The van der Waals surface area contributed by atoms with Crippen LogP contribution in [0.3, 0.4) is 0 Å². The third kappa shape index (κ3) is 3.87. The van der Waals surface area contributed by atoms with Crippen molar-refractivity contribution < 1.29 is 14.3 Å². The van der Waals surface area contributed by atoms with E-state index in [-0.39, 0.29) is 18.1 Å². The number of fused-ring (bicyclic) bond motifs is 1. The first kappa shape index (κ1) is 20.3. The largest absolute Gasteiger partial charge is 0.490 e. The van der Waals surface area contributed by atoms with Crippen LogP contribution in [0.5, 0.6) is 5.75 Å². The molecule has 30 heavy (non-hydrogen) atoms. The van der Waals surface area contributed by atoms with E-state index in [1.54, 1.807) is 4.52 Å². The van der Waals surface area contributed by atoms with Crippen molar-refractivity contribution in [2.45, 2.75) is 46.8 Å². The Labute approximate surface area is 175 Å². The van der Waals surface area contributed by atoms with Gasteiger partial charge in [-0.2, -0.15) is 14.6 Å². The Hall–Kier alpha value is -3.00. The molecule has 0 unspecified atom stereocenters. The maximum absolute atomic E-state index is 13.3. The summed E-state index contributed by atoms with van der Waals surface area (Å²) in [5.41, 5.74) is 4.28. The van der Waals surface area contributed by atoms with Gasteiger partial charge in [0.2, 0.25) is 0 Å². The average molecular weight is 409 g/mol. The van der Waals surface area contributed by atoms with Crippen LogP contribution < -0.4 is 4.74 Å². The van der Waals surface area contributed by atoms with E-state index in [0.717, 1.165) is 28.3 Å². The summed E-state index contributed by atoms with van der Waals surface area (Å²) in [6.45, 7) is 11.3. The fourth-order valence-electron chi connectivity index (χ4n) is 3.88. The summed E-state index contributed by atoms with van der Waals surface area (Å²) in [5, 5.41) is 4.27. The number of hydrogen-bond donors (Lipinski definition) is 0. The predicted octanol–water partition coefficient (Wildman–Crippen LogP) is 3.05. The summed E-state index contributed by atoms with van der Waals surface area (Å²) >= 11 is 0. The number of benzene rings is 1. The predicted molar refractivity (Wildman–Crippen MR) is 112 cm³/mol. The normalized spacial score (nSPS) is 17.0. The highest BCUT2D eigenvalue weighted by Gasteiger charge is 2.29. The molecule has 0 saturated carbocycles. The Morgan fingerprint density at radius 2 is 1.93 bits per heavy atom. The van der Waals surface area contributed by atoms with Crippen molar-refractivity contribution in [3.8, 4) is 5.75 Å². The smallest absolute Gasteiger partial charge is 0.254 e. The highest BCUT2D eigenvalue weighted by Crippen LogP contribution is 2.28. The van der Waals surface area contributed by atoms with Crippen molar-refractivity contribution in [2.75, 3.05) is 19.7 Å². The van der Waals surface area contributed by atoms with E-state index in [2.05, 4.69) is 15.1 Å². The first-order valence-electron chi connectivity index (χ1n) is 10.2. The van der Waals surface area contributed by atoms with Crippen LogP contribution in [0, 0.1) is 20.8 Å². The molecule has 1 amide bonds. The zero-order valence-corrected chi connectivity index (χ0v) is 18.0. The first-order valence-corrected chi connectivity index (χ1v) is 10.2. The highest BCUT2D eigenvalue weighted by atomic mass is 16.5. The summed E-state index contributed by atoms with van der Waals surface area (Å²) in [6, 6.07) is 5.75. The van der Waals surface area contributed by atoms with E-state index in [1.807, 2.05) is 57.7 Å². The molecule has 0 aliphatic carbocycles. The first-order chi connectivity index (χ1) is 14.3. The molecule has 0 radical (unpaired) electrons. The zero-order chi connectivity index (χ0) is 21.4. The fraction of sp³-hybridized carbons (Fsp3) is 0.455. The molecule has 158 valence electrons. The molecule has 1 atom stereocenters. The van der Waals surface area contributed by atoms with Crippen LogP contribution in [0.4, 0.5) is 0 Å². The van der Waals surface area contributed by atoms with E-state index < -0.39 is 0 Å². The minimum atomic E-state index is -0.292. The van der Waals surface area contributed by atoms with Gasteiger partial charge in [-0.05, 0) is 63.9 Å². The molecule has 3 heterocycles. The number of aryl methyl sites for hydroxylation is 3. The molecular formula is C22H27N5O3. The van der Waals surface area contributed by atoms with Crippen LogP contribution in [-0.2, 0) is 4.74 Å². The van der Waals surface area contributed by atoms with Gasteiger partial charge in [-0.25, -0.2) is 4.98 Å². The lowest BCUT2D eigenvalue weighted by Crippen LogP contribution is -2.42. The Balaban J connectivity index is 1.59. The number of amides is 1. The Morgan fingerprint density at radius 3 is 2.63 bits per heavy atom. The van der Waals surface area contributed by atoms with Crippen molar-refractivity contribution in [1.29, 1.82) is 0 Å². The zero-order valence-electron chi connectivity index (χ0n) is 18.0. The maximum atomic E-state index is 13.3. The van der Waals surface area contributed by atoms with Crippen LogP contribution in [0.1, 0.15) is 52.8 Å². The number of carbonyl (C=O) groups is 1. The van der Waals surface area contributed by atoms with Crippen molar-refractivity contribution in [1.82, 2.24) is 24.5 Å². The molecule has 0 spiro atoms. The molecule has 8 heteroatoms. The van der Waals surface area contributed by atoms with Gasteiger partial charge in [0.1, 0.15) is 18.2 Å². The van der Waals surface area contributed by atoms with Gasteiger partial charge in [0.05, 0.1) is 24.9 Å². The van der Waals surface area contributed by atoms with Gasteiger partial charge >= 0.3 is 0 Å². The second-order valence-electron chi connectivity index (χ2n) is 8.01. The number of ether oxygens (including phenoxy) is 2. The number of morpholine rings is 1. The number of nitrogens with zero attached hydrogens (tertiary/aromatic N) is 5. The van der Waals surface area contributed by atoms with E-state index >= 15 is 0 Å². The van der Waals surface area contributed by atoms with E-state index in [0.29, 0.717) is 31.0 Å². The highest BCUT2D eigenvalue weighted by molar-refractivity contribution is 5.95. The van der Waals surface area contributed by atoms with Gasteiger partial charge in [0.25, 0.3) is 11.7 Å². The number of aromatic nitrogens is 4. The van der Waals surface area contributed by atoms with Gasteiger partial charge in [0.15, 0.2) is 0 Å². The summed E-state index contributed by atoms with van der Waals surface area (Å²) in [7, 11) is 0. The van der Waals surface area contributed by atoms with E-state index in [1.165, 1.54) is 6.33 Å². The maximum Gasteiger partial charge on any atom is 0.254 e. The van der Waals surface area contributed by atoms with Gasteiger partial charge in [-0.3, -0.25) is 4.79 Å². The second kappa shape index (κ2) is 8.02. The monoisotopic (exact) mass is 409 g/mol. The van der Waals surface area contributed by atoms with Gasteiger partial charge in [-0.15, -0.1) is 0 Å². The molecule has 1 saturated heterocycles. The molecule has 8 nitrogen and oxygen atoms in total. The minimum Gasteiger partial charge on any atom is -0.490 e. The van der Waals surface area contributed by atoms with Crippen molar-refractivity contribution in [3.63, 3.8) is 0 Å². The summed E-state index contributed by atoms with van der Waals surface area (Å²) in [6.07, 6.45) is 1.27. The lowest BCUT2D eigenvalue weighted by molar-refractivity contribution is -0.0257.